The molecule has 0 aliphatic rings. The lowest BCUT2D eigenvalue weighted by atomic mass is 10.3. The normalized spacial score (nSPS) is 11.0. The monoisotopic (exact) mass is 345 g/mol. The summed E-state index contributed by atoms with van der Waals surface area (Å²) in [5, 5.41) is 19.2. The van der Waals surface area contributed by atoms with Gasteiger partial charge in [-0.3, -0.25) is 4.57 Å². The number of aromatic nitrogens is 7. The summed E-state index contributed by atoms with van der Waals surface area (Å²) >= 11 is 1.57. The molecule has 0 saturated heterocycles. The Morgan fingerprint density at radius 2 is 2.08 bits per heavy atom. The number of hydrogen-bond acceptors (Lipinski definition) is 6. The Morgan fingerprint density at radius 3 is 2.88 bits per heavy atom. The maximum atomic E-state index is 11.7. The van der Waals surface area contributed by atoms with Crippen molar-refractivity contribution < 1.29 is 0 Å². The first-order valence-corrected chi connectivity index (χ1v) is 8.89. The molecule has 0 bridgehead atoms. The maximum absolute atomic E-state index is 11.7. The van der Waals surface area contributed by atoms with Gasteiger partial charge >= 0.3 is 5.69 Å². The third-order valence-electron chi connectivity index (χ3n) is 3.48. The summed E-state index contributed by atoms with van der Waals surface area (Å²) in [6, 6.07) is 9.83. The van der Waals surface area contributed by atoms with Crippen LogP contribution in [0.4, 0.5) is 0 Å². The van der Waals surface area contributed by atoms with Crippen molar-refractivity contribution in [3.05, 3.63) is 46.6 Å². The van der Waals surface area contributed by atoms with Crippen molar-refractivity contribution in [3.63, 3.8) is 0 Å². The fourth-order valence-electron chi connectivity index (χ4n) is 2.36. The molecule has 0 aliphatic carbocycles. The predicted molar refractivity (Wildman–Crippen MR) is 91.3 cm³/mol. The third-order valence-corrected chi connectivity index (χ3v) is 4.54. The molecule has 1 N–H and O–H groups in total. The molecule has 126 valence electrons. The van der Waals surface area contributed by atoms with E-state index in [0.29, 0.717) is 6.54 Å². The minimum absolute atomic E-state index is 0.146. The van der Waals surface area contributed by atoms with Crippen molar-refractivity contribution in [1.29, 1.82) is 0 Å². The van der Waals surface area contributed by atoms with Gasteiger partial charge < -0.3 is 0 Å². The number of nitrogens with zero attached hydrogens (tertiary/aromatic N) is 6. The second kappa shape index (κ2) is 7.91. The minimum Gasteiger partial charge on any atom is -0.270 e. The topological polar surface area (TPSA) is 94.3 Å². The number of H-pyrrole nitrogens is 1. The van der Waals surface area contributed by atoms with Crippen molar-refractivity contribution in [2.24, 2.45) is 0 Å². The van der Waals surface area contributed by atoms with Gasteiger partial charge in [-0.15, -0.1) is 10.2 Å². The van der Waals surface area contributed by atoms with Crippen LogP contribution in [0.2, 0.25) is 0 Å². The van der Waals surface area contributed by atoms with Crippen LogP contribution in [0.15, 0.2) is 40.3 Å². The van der Waals surface area contributed by atoms with Crippen LogP contribution in [0.1, 0.15) is 25.6 Å². The molecule has 0 radical (unpaired) electrons. The van der Waals surface area contributed by atoms with E-state index in [0.717, 1.165) is 41.7 Å². The summed E-state index contributed by atoms with van der Waals surface area (Å²) in [5.74, 6) is 1.67. The molecule has 0 unspecified atom stereocenters. The SMILES string of the molecule is CCCn1c(SCCCc2nnnn2-c2ccccc2)n[nH]c1=O. The first kappa shape index (κ1) is 16.4. The average Bonchev–Trinajstić information content (AvgIpc) is 3.21. The number of hydrogen-bond donors (Lipinski definition) is 1. The molecule has 0 spiro atoms. The van der Waals surface area contributed by atoms with E-state index in [1.807, 2.05) is 37.3 Å². The van der Waals surface area contributed by atoms with E-state index in [1.165, 1.54) is 0 Å². The van der Waals surface area contributed by atoms with Crippen LogP contribution < -0.4 is 5.69 Å². The van der Waals surface area contributed by atoms with E-state index in [-0.39, 0.29) is 5.69 Å². The van der Waals surface area contributed by atoms with E-state index in [9.17, 15) is 4.79 Å². The molecule has 8 nitrogen and oxygen atoms in total. The Morgan fingerprint density at radius 1 is 1.25 bits per heavy atom. The molecule has 2 heterocycles. The van der Waals surface area contributed by atoms with E-state index in [1.54, 1.807) is 21.0 Å². The maximum Gasteiger partial charge on any atom is 0.343 e. The Bertz CT molecular complexity index is 824. The smallest absolute Gasteiger partial charge is 0.270 e. The fraction of sp³-hybridized carbons (Fsp3) is 0.400. The largest absolute Gasteiger partial charge is 0.343 e. The van der Waals surface area contributed by atoms with Gasteiger partial charge in [-0.05, 0) is 35.4 Å². The van der Waals surface area contributed by atoms with Gasteiger partial charge in [-0.1, -0.05) is 36.9 Å². The highest BCUT2D eigenvalue weighted by molar-refractivity contribution is 7.99. The van der Waals surface area contributed by atoms with Crippen molar-refractivity contribution >= 4 is 11.8 Å². The molecule has 0 aliphatic heterocycles. The highest BCUT2D eigenvalue weighted by Crippen LogP contribution is 2.16. The summed E-state index contributed by atoms with van der Waals surface area (Å²) in [4.78, 5) is 11.7. The molecule has 9 heteroatoms. The van der Waals surface area contributed by atoms with E-state index in [2.05, 4.69) is 25.7 Å². The number of rotatable bonds is 8. The zero-order valence-corrected chi connectivity index (χ0v) is 14.2. The summed E-state index contributed by atoms with van der Waals surface area (Å²) in [6.07, 6.45) is 2.56. The van der Waals surface area contributed by atoms with Gasteiger partial charge in [0.25, 0.3) is 0 Å². The van der Waals surface area contributed by atoms with Crippen LogP contribution in [0.5, 0.6) is 0 Å². The number of tetrazole rings is 1. The van der Waals surface area contributed by atoms with E-state index >= 15 is 0 Å². The first-order chi connectivity index (χ1) is 11.8. The first-order valence-electron chi connectivity index (χ1n) is 7.90. The van der Waals surface area contributed by atoms with Gasteiger partial charge in [0.1, 0.15) is 0 Å². The van der Waals surface area contributed by atoms with Crippen molar-refractivity contribution in [2.75, 3.05) is 5.75 Å². The van der Waals surface area contributed by atoms with E-state index in [4.69, 9.17) is 0 Å². The van der Waals surface area contributed by atoms with Gasteiger partial charge in [0.2, 0.25) is 0 Å². The molecule has 0 amide bonds. The van der Waals surface area contributed by atoms with Gasteiger partial charge in [0.05, 0.1) is 5.69 Å². The molecule has 2 aromatic heterocycles. The van der Waals surface area contributed by atoms with Crippen LogP contribution >= 0.6 is 11.8 Å². The highest BCUT2D eigenvalue weighted by atomic mass is 32.2. The highest BCUT2D eigenvalue weighted by Gasteiger charge is 2.10. The van der Waals surface area contributed by atoms with Crippen LogP contribution in [-0.4, -0.2) is 40.7 Å². The zero-order valence-electron chi connectivity index (χ0n) is 13.4. The molecule has 3 aromatic rings. The molecular weight excluding hydrogens is 326 g/mol. The lowest BCUT2D eigenvalue weighted by Crippen LogP contribution is -2.17. The Labute approximate surface area is 143 Å². The van der Waals surface area contributed by atoms with Crippen molar-refractivity contribution in [1.82, 2.24) is 35.0 Å². The lowest BCUT2D eigenvalue weighted by Gasteiger charge is -2.05. The van der Waals surface area contributed by atoms with Gasteiger partial charge in [0.15, 0.2) is 11.0 Å². The molecule has 24 heavy (non-hydrogen) atoms. The van der Waals surface area contributed by atoms with Gasteiger partial charge in [-0.25, -0.2) is 9.89 Å². The van der Waals surface area contributed by atoms with Crippen molar-refractivity contribution in [3.8, 4) is 5.69 Å². The number of thioether (sulfide) groups is 1. The predicted octanol–water partition coefficient (Wildman–Crippen LogP) is 1.68. The van der Waals surface area contributed by atoms with Crippen LogP contribution in [0.25, 0.3) is 5.69 Å². The number of aromatic amines is 1. The Balaban J connectivity index is 1.57. The Kier molecular flexibility index (Phi) is 5.42. The van der Waals surface area contributed by atoms with Crippen LogP contribution in [-0.2, 0) is 13.0 Å². The number of nitrogens with one attached hydrogen (secondary N) is 1. The zero-order chi connectivity index (χ0) is 16.8. The molecule has 0 saturated carbocycles. The van der Waals surface area contributed by atoms with Crippen molar-refractivity contribution in [2.45, 2.75) is 37.9 Å². The molecular formula is C15H19N7OS. The third kappa shape index (κ3) is 3.73. The quantitative estimate of drug-likeness (QED) is 0.493. The lowest BCUT2D eigenvalue weighted by molar-refractivity contribution is 0.603. The standard InChI is InChI=1S/C15H19N7OS/c1-2-10-21-14(23)17-18-15(21)24-11-6-9-13-16-19-20-22(13)12-7-4-3-5-8-12/h3-5,7-8H,2,6,9-11H2,1H3,(H,17,23). The Hall–Kier alpha value is -2.42. The average molecular weight is 345 g/mol. The van der Waals surface area contributed by atoms with Gasteiger partial charge in [-0.2, -0.15) is 4.68 Å². The van der Waals surface area contributed by atoms with E-state index < -0.39 is 0 Å². The van der Waals surface area contributed by atoms with Gasteiger partial charge in [0, 0.05) is 18.7 Å². The molecule has 0 atom stereocenters. The second-order valence-corrected chi connectivity index (χ2v) is 6.32. The summed E-state index contributed by atoms with van der Waals surface area (Å²) in [6.45, 7) is 2.72. The summed E-state index contributed by atoms with van der Waals surface area (Å²) in [7, 11) is 0. The number of aryl methyl sites for hydroxylation is 1. The van der Waals surface area contributed by atoms with Crippen LogP contribution in [0, 0.1) is 0 Å². The summed E-state index contributed by atoms with van der Waals surface area (Å²) < 4.78 is 3.44. The number of benzene rings is 1. The number of para-hydroxylation sites is 1. The van der Waals surface area contributed by atoms with Crippen LogP contribution in [0.3, 0.4) is 0 Å². The molecule has 0 fully saturated rings. The fourth-order valence-corrected chi connectivity index (χ4v) is 3.27. The summed E-state index contributed by atoms with van der Waals surface area (Å²) in [5.41, 5.74) is 0.807. The second-order valence-electron chi connectivity index (χ2n) is 5.26. The molecule has 3 rings (SSSR count). The molecule has 1 aromatic carbocycles. The minimum atomic E-state index is -0.146.